The zero-order valence-corrected chi connectivity index (χ0v) is 14.2. The van der Waals surface area contributed by atoms with E-state index in [0.29, 0.717) is 6.61 Å². The first-order chi connectivity index (χ1) is 11.7. The fourth-order valence-electron chi connectivity index (χ4n) is 5.17. The number of ether oxygens (including phenoxy) is 5. The van der Waals surface area contributed by atoms with Crippen LogP contribution in [0, 0.1) is 0 Å². The largest absolute Gasteiger partial charge is 0.366 e. The molecule has 5 aliphatic rings. The lowest BCUT2D eigenvalue weighted by Crippen LogP contribution is -2.43. The predicted octanol–water partition coefficient (Wildman–Crippen LogP) is 2.22. The van der Waals surface area contributed by atoms with Crippen LogP contribution >= 0.6 is 0 Å². The van der Waals surface area contributed by atoms with Gasteiger partial charge >= 0.3 is 0 Å². The molecule has 5 fully saturated rings. The molecule has 3 saturated heterocycles. The van der Waals surface area contributed by atoms with Crippen molar-refractivity contribution in [1.29, 1.82) is 0 Å². The molecule has 2 aliphatic carbocycles. The average Bonchev–Trinajstić information content (AvgIpc) is 3.24. The fourth-order valence-corrected chi connectivity index (χ4v) is 5.17. The van der Waals surface area contributed by atoms with Gasteiger partial charge in [0, 0.05) is 25.7 Å². The summed E-state index contributed by atoms with van der Waals surface area (Å²) < 4.78 is 30.6. The first kappa shape index (κ1) is 16.0. The van der Waals surface area contributed by atoms with Gasteiger partial charge in [-0.1, -0.05) is 12.8 Å². The SMILES string of the molecule is O[C@H]1O[C@H]([C@H]2COC3(CCCCC3)O2)[C@@H]2OC3(CCCCC3)O[C@@H]21. The van der Waals surface area contributed by atoms with Gasteiger partial charge in [-0.3, -0.25) is 0 Å². The lowest BCUT2D eigenvalue weighted by atomic mass is 9.94. The molecule has 5 rings (SSSR count). The normalized spacial score (nSPS) is 46.6. The Kier molecular flexibility index (Phi) is 3.92. The van der Waals surface area contributed by atoms with Gasteiger partial charge in [0.15, 0.2) is 17.9 Å². The summed E-state index contributed by atoms with van der Waals surface area (Å²) in [7, 11) is 0. The van der Waals surface area contributed by atoms with E-state index in [1.807, 2.05) is 0 Å². The molecular weight excluding hydrogens is 312 g/mol. The van der Waals surface area contributed by atoms with Gasteiger partial charge in [-0.2, -0.15) is 0 Å². The van der Waals surface area contributed by atoms with Gasteiger partial charge in [0.25, 0.3) is 0 Å². The van der Waals surface area contributed by atoms with Crippen LogP contribution in [-0.2, 0) is 23.7 Å². The van der Waals surface area contributed by atoms with E-state index in [4.69, 9.17) is 23.7 Å². The third kappa shape index (κ3) is 2.54. The molecule has 24 heavy (non-hydrogen) atoms. The first-order valence-corrected chi connectivity index (χ1v) is 9.70. The molecule has 6 nitrogen and oxygen atoms in total. The Morgan fingerprint density at radius 1 is 0.667 bits per heavy atom. The monoisotopic (exact) mass is 340 g/mol. The molecule has 0 unspecified atom stereocenters. The summed E-state index contributed by atoms with van der Waals surface area (Å²) in [6.45, 7) is 0.511. The number of fused-ring (bicyclic) bond motifs is 1. The minimum atomic E-state index is -0.937. The first-order valence-electron chi connectivity index (χ1n) is 9.70. The Bertz CT molecular complexity index is 470. The van der Waals surface area contributed by atoms with Crippen molar-refractivity contribution in [2.45, 2.75) is 106 Å². The maximum absolute atomic E-state index is 10.3. The highest BCUT2D eigenvalue weighted by Crippen LogP contribution is 2.48. The molecule has 2 saturated carbocycles. The van der Waals surface area contributed by atoms with E-state index < -0.39 is 24.0 Å². The molecule has 0 aromatic rings. The summed E-state index contributed by atoms with van der Waals surface area (Å²) in [4.78, 5) is 0. The Morgan fingerprint density at radius 3 is 2.00 bits per heavy atom. The Labute approximate surface area is 142 Å². The number of aliphatic hydroxyl groups excluding tert-OH is 1. The van der Waals surface area contributed by atoms with Crippen molar-refractivity contribution in [2.75, 3.05) is 6.61 Å². The van der Waals surface area contributed by atoms with Crippen molar-refractivity contribution in [1.82, 2.24) is 0 Å². The minimum absolute atomic E-state index is 0.185. The summed E-state index contributed by atoms with van der Waals surface area (Å²) in [5.41, 5.74) is 0. The quantitative estimate of drug-likeness (QED) is 0.789. The Balaban J connectivity index is 1.30. The third-order valence-corrected chi connectivity index (χ3v) is 6.40. The van der Waals surface area contributed by atoms with Gasteiger partial charge in [-0.05, 0) is 25.7 Å². The highest BCUT2D eigenvalue weighted by Gasteiger charge is 2.61. The Hall–Kier alpha value is -0.240. The van der Waals surface area contributed by atoms with E-state index in [1.54, 1.807) is 0 Å². The van der Waals surface area contributed by atoms with Gasteiger partial charge in [0.1, 0.15) is 24.4 Å². The van der Waals surface area contributed by atoms with Crippen LogP contribution in [-0.4, -0.2) is 54.0 Å². The molecule has 0 amide bonds. The van der Waals surface area contributed by atoms with Crippen LogP contribution in [0.4, 0.5) is 0 Å². The maximum Gasteiger partial charge on any atom is 0.184 e. The molecule has 3 heterocycles. The summed E-state index contributed by atoms with van der Waals surface area (Å²) in [5, 5.41) is 10.3. The standard InChI is InChI=1S/C18H28O6/c19-16-15-14(23-18(24-15)9-5-2-6-10-18)13(21-16)12-11-20-17(22-12)7-3-1-4-8-17/h12-16,19H,1-11H2/t12-,13-,14+,15+,16+/m1/s1. The highest BCUT2D eigenvalue weighted by molar-refractivity contribution is 5.01. The Morgan fingerprint density at radius 2 is 1.29 bits per heavy atom. The fraction of sp³-hybridized carbons (Fsp3) is 1.00. The number of rotatable bonds is 1. The van der Waals surface area contributed by atoms with Crippen LogP contribution in [0.5, 0.6) is 0 Å². The second-order valence-electron chi connectivity index (χ2n) is 8.07. The number of hydrogen-bond acceptors (Lipinski definition) is 6. The smallest absolute Gasteiger partial charge is 0.184 e. The molecule has 0 aromatic carbocycles. The zero-order valence-electron chi connectivity index (χ0n) is 14.2. The average molecular weight is 340 g/mol. The maximum atomic E-state index is 10.3. The van der Waals surface area contributed by atoms with Crippen molar-refractivity contribution >= 4 is 0 Å². The molecule has 3 aliphatic heterocycles. The van der Waals surface area contributed by atoms with E-state index in [-0.39, 0.29) is 18.3 Å². The van der Waals surface area contributed by atoms with E-state index in [1.165, 1.54) is 12.8 Å². The lowest BCUT2D eigenvalue weighted by molar-refractivity contribution is -0.260. The van der Waals surface area contributed by atoms with E-state index in [2.05, 4.69) is 0 Å². The summed E-state index contributed by atoms with van der Waals surface area (Å²) in [6, 6.07) is 0. The molecule has 0 aromatic heterocycles. The van der Waals surface area contributed by atoms with Crippen LogP contribution in [0.3, 0.4) is 0 Å². The van der Waals surface area contributed by atoms with E-state index in [0.717, 1.165) is 51.4 Å². The summed E-state index contributed by atoms with van der Waals surface area (Å²) in [5.74, 6) is -0.949. The van der Waals surface area contributed by atoms with E-state index >= 15 is 0 Å². The second-order valence-corrected chi connectivity index (χ2v) is 8.07. The molecule has 2 spiro atoms. The molecule has 136 valence electrons. The molecule has 1 N–H and O–H groups in total. The summed E-state index contributed by atoms with van der Waals surface area (Å²) >= 11 is 0. The van der Waals surface area contributed by atoms with Gasteiger partial charge in [0.2, 0.25) is 0 Å². The van der Waals surface area contributed by atoms with Crippen molar-refractivity contribution in [3.8, 4) is 0 Å². The molecule has 0 radical (unpaired) electrons. The molecule has 5 atom stereocenters. The second kappa shape index (κ2) is 5.89. The number of hydrogen-bond donors (Lipinski definition) is 1. The van der Waals surface area contributed by atoms with Crippen molar-refractivity contribution in [2.24, 2.45) is 0 Å². The van der Waals surface area contributed by atoms with Crippen LogP contribution < -0.4 is 0 Å². The van der Waals surface area contributed by atoms with E-state index in [9.17, 15) is 5.11 Å². The lowest BCUT2D eigenvalue weighted by Gasteiger charge is -2.35. The zero-order chi connectivity index (χ0) is 16.2. The van der Waals surface area contributed by atoms with Crippen molar-refractivity contribution < 1.29 is 28.8 Å². The van der Waals surface area contributed by atoms with Gasteiger partial charge in [-0.25, -0.2) is 0 Å². The van der Waals surface area contributed by atoms with Crippen LogP contribution in [0.15, 0.2) is 0 Å². The predicted molar refractivity (Wildman–Crippen MR) is 83.1 cm³/mol. The van der Waals surface area contributed by atoms with Crippen LogP contribution in [0.1, 0.15) is 64.2 Å². The molecule has 6 heteroatoms. The van der Waals surface area contributed by atoms with Crippen molar-refractivity contribution in [3.05, 3.63) is 0 Å². The van der Waals surface area contributed by atoms with Crippen LogP contribution in [0.2, 0.25) is 0 Å². The third-order valence-electron chi connectivity index (χ3n) is 6.40. The van der Waals surface area contributed by atoms with Crippen LogP contribution in [0.25, 0.3) is 0 Å². The van der Waals surface area contributed by atoms with Crippen molar-refractivity contribution in [3.63, 3.8) is 0 Å². The van der Waals surface area contributed by atoms with Gasteiger partial charge < -0.3 is 28.8 Å². The highest BCUT2D eigenvalue weighted by atomic mass is 16.8. The minimum Gasteiger partial charge on any atom is -0.366 e. The number of aliphatic hydroxyl groups is 1. The molecular formula is C18H28O6. The van der Waals surface area contributed by atoms with Gasteiger partial charge in [-0.15, -0.1) is 0 Å². The topological polar surface area (TPSA) is 66.4 Å². The summed E-state index contributed by atoms with van der Waals surface area (Å²) in [6.07, 6.45) is 8.64. The molecule has 0 bridgehead atoms. The van der Waals surface area contributed by atoms with Gasteiger partial charge in [0.05, 0.1) is 6.61 Å².